The van der Waals surface area contributed by atoms with E-state index in [9.17, 15) is 24.0 Å². The monoisotopic (exact) mass is 619 g/mol. The summed E-state index contributed by atoms with van der Waals surface area (Å²) >= 11 is 3.33. The van der Waals surface area contributed by atoms with Crippen molar-refractivity contribution in [2.75, 3.05) is 21.3 Å². The van der Waals surface area contributed by atoms with Crippen LogP contribution in [0, 0.1) is 0 Å². The second-order valence-electron chi connectivity index (χ2n) is 9.86. The molecule has 1 amide bonds. The molecule has 0 N–H and O–H groups in total. The summed E-state index contributed by atoms with van der Waals surface area (Å²) in [6.07, 6.45) is 0.110. The summed E-state index contributed by atoms with van der Waals surface area (Å²) in [6, 6.07) is 14.3. The lowest BCUT2D eigenvalue weighted by Crippen LogP contribution is -2.33. The predicted molar refractivity (Wildman–Crippen MR) is 154 cm³/mol. The fourth-order valence-electron chi connectivity index (χ4n) is 3.18. The number of hydrogen-bond acceptors (Lipinski definition) is 8. The van der Waals surface area contributed by atoms with Gasteiger partial charge in [-0.1, -0.05) is 64.5 Å². The van der Waals surface area contributed by atoms with Crippen molar-refractivity contribution >= 4 is 45.5 Å². The van der Waals surface area contributed by atoms with Crippen LogP contribution in [0.15, 0.2) is 48.5 Å². The molecule has 0 unspecified atom stereocenters. The van der Waals surface area contributed by atoms with Gasteiger partial charge in [0, 0.05) is 42.9 Å². The molecule has 9 nitrogen and oxygen atoms in total. The third kappa shape index (κ3) is 13.5. The van der Waals surface area contributed by atoms with Crippen LogP contribution in [0.3, 0.4) is 0 Å². The molecule has 0 aromatic heterocycles. The van der Waals surface area contributed by atoms with Crippen LogP contribution < -0.4 is 0 Å². The number of Topliss-reactive ketones (excluding diaryl/α,β-unsaturated/α-hetero) is 2. The van der Waals surface area contributed by atoms with Crippen molar-refractivity contribution in [3.63, 3.8) is 0 Å². The molecule has 0 spiro atoms. The predicted octanol–water partition coefficient (Wildman–Crippen LogP) is 5.91. The molecule has 2 aromatic rings. The van der Waals surface area contributed by atoms with Crippen LogP contribution >= 0.6 is 15.9 Å². The molecule has 218 valence electrons. The van der Waals surface area contributed by atoms with Crippen LogP contribution in [-0.4, -0.2) is 61.4 Å². The Kier molecular flexibility index (Phi) is 14.9. The number of amides is 1. The number of esters is 2. The lowest BCUT2D eigenvalue weighted by molar-refractivity contribution is -0.141. The smallest absolute Gasteiger partial charge is 0.410 e. The first-order valence-corrected chi connectivity index (χ1v) is 13.8. The van der Waals surface area contributed by atoms with Crippen molar-refractivity contribution in [2.45, 2.75) is 63.9 Å². The lowest BCUT2D eigenvalue weighted by Gasteiger charge is -2.24. The molecule has 2 rings (SSSR count). The summed E-state index contributed by atoms with van der Waals surface area (Å²) in [4.78, 5) is 58.9. The highest BCUT2D eigenvalue weighted by Gasteiger charge is 2.19. The molecule has 0 bridgehead atoms. The molecule has 0 fully saturated rings. The van der Waals surface area contributed by atoms with Gasteiger partial charge in [-0.2, -0.15) is 0 Å². The molecule has 40 heavy (non-hydrogen) atoms. The molecule has 10 heteroatoms. The van der Waals surface area contributed by atoms with E-state index >= 15 is 0 Å². The Balaban J connectivity index is 0.000000433. The number of ether oxygens (including phenoxy) is 3. The van der Waals surface area contributed by atoms with E-state index in [1.807, 2.05) is 32.9 Å². The Labute approximate surface area is 244 Å². The van der Waals surface area contributed by atoms with Crippen LogP contribution in [0.2, 0.25) is 0 Å². The largest absolute Gasteiger partial charge is 0.469 e. The van der Waals surface area contributed by atoms with Crippen molar-refractivity contribution in [1.29, 1.82) is 0 Å². The quantitative estimate of drug-likeness (QED) is 0.132. The van der Waals surface area contributed by atoms with E-state index in [0.29, 0.717) is 17.7 Å². The Hall–Kier alpha value is -3.53. The minimum absolute atomic E-state index is 0.0356. The lowest BCUT2D eigenvalue weighted by atomic mass is 10.0. The molecule has 0 aliphatic rings. The van der Waals surface area contributed by atoms with Crippen LogP contribution in [0.25, 0.3) is 0 Å². The SMILES string of the molecule is COC(=O)CCC(=O)c1ccc(CBr)cc1.COC(=O)CCC(=O)c1ccc(CN(C)C(=O)OC(C)(C)C)cc1. The van der Waals surface area contributed by atoms with Crippen LogP contribution in [-0.2, 0) is 35.7 Å². The maximum absolute atomic E-state index is 12.0. The normalized spacial score (nSPS) is 10.5. The number of nitrogens with zero attached hydrogens (tertiary/aromatic N) is 1. The van der Waals surface area contributed by atoms with E-state index in [-0.39, 0.29) is 43.2 Å². The Bertz CT molecular complexity index is 1140. The number of rotatable bonds is 11. The number of benzene rings is 2. The topological polar surface area (TPSA) is 116 Å². The molecular formula is C30H38BrNO8. The van der Waals surface area contributed by atoms with Crippen molar-refractivity contribution in [2.24, 2.45) is 0 Å². The number of hydrogen-bond donors (Lipinski definition) is 0. The second-order valence-corrected chi connectivity index (χ2v) is 10.4. The highest BCUT2D eigenvalue weighted by atomic mass is 79.9. The van der Waals surface area contributed by atoms with Crippen LogP contribution in [0.4, 0.5) is 4.79 Å². The number of methoxy groups -OCH3 is 2. The highest BCUT2D eigenvalue weighted by Crippen LogP contribution is 2.14. The van der Waals surface area contributed by atoms with Crippen molar-refractivity contribution in [1.82, 2.24) is 4.90 Å². The van der Waals surface area contributed by atoms with E-state index in [1.165, 1.54) is 19.1 Å². The van der Waals surface area contributed by atoms with E-state index in [4.69, 9.17) is 4.74 Å². The van der Waals surface area contributed by atoms with Gasteiger partial charge in [-0.3, -0.25) is 19.2 Å². The maximum Gasteiger partial charge on any atom is 0.410 e. The molecule has 0 aliphatic carbocycles. The fraction of sp³-hybridized carbons (Fsp3) is 0.433. The number of halogens is 1. The van der Waals surface area contributed by atoms with Gasteiger partial charge in [0.25, 0.3) is 0 Å². The zero-order valence-corrected chi connectivity index (χ0v) is 25.5. The third-order valence-electron chi connectivity index (χ3n) is 5.40. The van der Waals surface area contributed by atoms with E-state index in [2.05, 4.69) is 25.4 Å². The van der Waals surface area contributed by atoms with E-state index in [1.54, 1.807) is 43.4 Å². The van der Waals surface area contributed by atoms with Crippen LogP contribution in [0.5, 0.6) is 0 Å². The van der Waals surface area contributed by atoms with Gasteiger partial charge in [0.2, 0.25) is 0 Å². The summed E-state index contributed by atoms with van der Waals surface area (Å²) in [6.45, 7) is 5.82. The fourth-order valence-corrected chi connectivity index (χ4v) is 3.55. The van der Waals surface area contributed by atoms with Gasteiger partial charge in [0.15, 0.2) is 11.6 Å². The molecule has 0 heterocycles. The van der Waals surface area contributed by atoms with Gasteiger partial charge in [-0.15, -0.1) is 0 Å². The zero-order chi connectivity index (χ0) is 30.3. The summed E-state index contributed by atoms with van der Waals surface area (Å²) in [7, 11) is 4.27. The number of carbonyl (C=O) groups is 5. The van der Waals surface area contributed by atoms with Gasteiger partial charge in [-0.05, 0) is 31.9 Å². The third-order valence-corrected chi connectivity index (χ3v) is 6.05. The molecular weight excluding hydrogens is 582 g/mol. The van der Waals surface area contributed by atoms with Gasteiger partial charge < -0.3 is 19.1 Å². The minimum atomic E-state index is -0.540. The number of alkyl halides is 1. The second kappa shape index (κ2) is 17.2. The first-order chi connectivity index (χ1) is 18.8. The van der Waals surface area contributed by atoms with E-state index < -0.39 is 17.7 Å². The van der Waals surface area contributed by atoms with Gasteiger partial charge >= 0.3 is 18.0 Å². The maximum atomic E-state index is 12.0. The van der Waals surface area contributed by atoms with Crippen molar-refractivity contribution in [3.8, 4) is 0 Å². The highest BCUT2D eigenvalue weighted by molar-refractivity contribution is 9.08. The Morgan fingerprint density at radius 1 is 0.700 bits per heavy atom. The molecule has 0 atom stereocenters. The van der Waals surface area contributed by atoms with E-state index in [0.717, 1.165) is 16.5 Å². The summed E-state index contributed by atoms with van der Waals surface area (Å²) in [5, 5.41) is 0.767. The molecule has 0 saturated carbocycles. The standard InChI is InChI=1S/C18H25NO5.C12H13BrO3/c1-18(2,3)24-17(22)19(4)12-13-6-8-14(9-7-13)15(20)10-11-16(21)23-5;1-16-12(15)7-6-11(14)10-4-2-9(8-13)3-5-10/h6-9H,10-12H2,1-5H3;2-5H,6-8H2,1H3. The van der Waals surface area contributed by atoms with Gasteiger partial charge in [0.1, 0.15) is 5.60 Å². The Morgan fingerprint density at radius 3 is 1.45 bits per heavy atom. The Morgan fingerprint density at radius 2 is 1.10 bits per heavy atom. The summed E-state index contributed by atoms with van der Waals surface area (Å²) in [5.74, 6) is -0.914. The minimum Gasteiger partial charge on any atom is -0.469 e. The van der Waals surface area contributed by atoms with Crippen molar-refractivity contribution in [3.05, 3.63) is 70.8 Å². The number of ketones is 2. The van der Waals surface area contributed by atoms with Gasteiger partial charge in [0.05, 0.1) is 27.1 Å². The molecule has 0 radical (unpaired) electrons. The average Bonchev–Trinajstić information content (AvgIpc) is 2.93. The summed E-state index contributed by atoms with van der Waals surface area (Å²) < 4.78 is 14.3. The van der Waals surface area contributed by atoms with Gasteiger partial charge in [-0.25, -0.2) is 4.79 Å². The number of carbonyl (C=O) groups excluding carboxylic acids is 5. The van der Waals surface area contributed by atoms with Crippen LogP contribution in [0.1, 0.15) is 78.3 Å². The first-order valence-electron chi connectivity index (χ1n) is 12.7. The zero-order valence-electron chi connectivity index (χ0n) is 24.0. The summed E-state index contributed by atoms with van der Waals surface area (Å²) in [5.41, 5.74) is 2.62. The average molecular weight is 621 g/mol. The molecule has 0 aliphatic heterocycles. The van der Waals surface area contributed by atoms with Crippen molar-refractivity contribution < 1.29 is 38.2 Å². The molecule has 0 saturated heterocycles. The first kappa shape index (κ1) is 34.5. The molecule has 2 aromatic carbocycles.